The lowest BCUT2D eigenvalue weighted by atomic mass is 10.1. The number of phenols is 1. The van der Waals surface area contributed by atoms with Crippen LogP contribution in [0.5, 0.6) is 5.75 Å². The number of hydrogen-bond donors (Lipinski definition) is 2. The number of aromatic hydroxyl groups is 1. The first-order chi connectivity index (χ1) is 14.0. The topological polar surface area (TPSA) is 54.3 Å². The highest BCUT2D eigenvalue weighted by Gasteiger charge is 2.21. The van der Waals surface area contributed by atoms with Crippen LogP contribution in [0.2, 0.25) is 0 Å². The van der Waals surface area contributed by atoms with Gasteiger partial charge in [0, 0.05) is 51.9 Å². The molecule has 0 atom stereocenters. The molecule has 0 unspecified atom stereocenters. The lowest BCUT2D eigenvalue weighted by Crippen LogP contribution is -2.52. The molecule has 156 valence electrons. The molecule has 0 bridgehead atoms. The molecular formula is C22H30FN5O. The normalized spacial score (nSPS) is 15.1. The monoisotopic (exact) mass is 399 g/mol. The highest BCUT2D eigenvalue weighted by Crippen LogP contribution is 2.27. The van der Waals surface area contributed by atoms with Crippen LogP contribution in [-0.4, -0.2) is 68.2 Å². The Kier molecular flexibility index (Phi) is 6.93. The van der Waals surface area contributed by atoms with E-state index in [1.165, 1.54) is 6.07 Å². The minimum Gasteiger partial charge on any atom is -0.506 e. The van der Waals surface area contributed by atoms with E-state index < -0.39 is 0 Å². The fourth-order valence-electron chi connectivity index (χ4n) is 3.60. The van der Waals surface area contributed by atoms with E-state index in [-0.39, 0.29) is 5.82 Å². The van der Waals surface area contributed by atoms with Gasteiger partial charge in [-0.25, -0.2) is 4.39 Å². The maximum absolute atomic E-state index is 14.0. The molecule has 0 radical (unpaired) electrons. The number of rotatable bonds is 5. The highest BCUT2D eigenvalue weighted by molar-refractivity contribution is 5.80. The van der Waals surface area contributed by atoms with Gasteiger partial charge < -0.3 is 25.1 Å². The molecule has 7 heteroatoms. The zero-order chi connectivity index (χ0) is 20.8. The molecule has 1 aliphatic rings. The first-order valence-electron chi connectivity index (χ1n) is 9.88. The maximum Gasteiger partial charge on any atom is 0.194 e. The molecule has 1 fully saturated rings. The van der Waals surface area contributed by atoms with E-state index in [9.17, 15) is 9.50 Å². The molecule has 0 spiro atoms. The summed E-state index contributed by atoms with van der Waals surface area (Å²) in [5, 5.41) is 13.5. The minimum atomic E-state index is -0.174. The van der Waals surface area contributed by atoms with Crippen molar-refractivity contribution in [2.24, 2.45) is 4.99 Å². The molecule has 3 rings (SSSR count). The number of halogens is 1. The van der Waals surface area contributed by atoms with Crippen LogP contribution < -0.4 is 10.2 Å². The third kappa shape index (κ3) is 5.38. The van der Waals surface area contributed by atoms with Crippen molar-refractivity contribution in [3.05, 3.63) is 59.4 Å². The third-order valence-electron chi connectivity index (χ3n) is 5.06. The van der Waals surface area contributed by atoms with Gasteiger partial charge in [-0.15, -0.1) is 0 Å². The molecule has 2 aromatic rings. The van der Waals surface area contributed by atoms with E-state index >= 15 is 0 Å². The summed E-state index contributed by atoms with van der Waals surface area (Å²) < 4.78 is 14.0. The van der Waals surface area contributed by atoms with Crippen molar-refractivity contribution in [1.82, 2.24) is 15.1 Å². The summed E-state index contributed by atoms with van der Waals surface area (Å²) in [4.78, 5) is 10.8. The fourth-order valence-corrected chi connectivity index (χ4v) is 3.60. The van der Waals surface area contributed by atoms with Gasteiger partial charge in [0.25, 0.3) is 0 Å². The Balaban J connectivity index is 1.57. The fraction of sp³-hybridized carbons (Fsp3) is 0.409. The summed E-state index contributed by atoms with van der Waals surface area (Å²) in [6.45, 7) is 4.39. The van der Waals surface area contributed by atoms with Crippen LogP contribution in [-0.2, 0) is 13.1 Å². The Bertz CT molecular complexity index is 847. The first kappa shape index (κ1) is 20.9. The van der Waals surface area contributed by atoms with Crippen LogP contribution in [0.25, 0.3) is 0 Å². The Hall–Kier alpha value is -2.80. The molecule has 29 heavy (non-hydrogen) atoms. The predicted octanol–water partition coefficient (Wildman–Crippen LogP) is 2.49. The third-order valence-corrected chi connectivity index (χ3v) is 5.06. The molecule has 2 N–H and O–H groups in total. The molecule has 1 saturated heterocycles. The van der Waals surface area contributed by atoms with Gasteiger partial charge in [-0.3, -0.25) is 4.99 Å². The number of benzene rings is 2. The second-order valence-corrected chi connectivity index (χ2v) is 7.53. The van der Waals surface area contributed by atoms with E-state index in [1.807, 2.05) is 49.3 Å². The quantitative estimate of drug-likeness (QED) is 0.598. The van der Waals surface area contributed by atoms with Gasteiger partial charge >= 0.3 is 0 Å². The zero-order valence-corrected chi connectivity index (χ0v) is 17.4. The Morgan fingerprint density at radius 2 is 1.86 bits per heavy atom. The average Bonchev–Trinajstić information content (AvgIpc) is 2.71. The summed E-state index contributed by atoms with van der Waals surface area (Å²) in [6.07, 6.45) is 0. The van der Waals surface area contributed by atoms with Crippen LogP contribution in [0, 0.1) is 5.82 Å². The number of aliphatic imine (C=N–C) groups is 1. The summed E-state index contributed by atoms with van der Waals surface area (Å²) in [5.41, 5.74) is 2.59. The predicted molar refractivity (Wildman–Crippen MR) is 116 cm³/mol. The lowest BCUT2D eigenvalue weighted by Gasteiger charge is -2.37. The maximum atomic E-state index is 14.0. The lowest BCUT2D eigenvalue weighted by molar-refractivity contribution is 0.369. The molecule has 0 aliphatic carbocycles. The van der Waals surface area contributed by atoms with Crippen molar-refractivity contribution in [2.45, 2.75) is 13.1 Å². The number of nitrogens with zero attached hydrogens (tertiary/aromatic N) is 4. The van der Waals surface area contributed by atoms with Crippen molar-refractivity contribution >= 4 is 11.6 Å². The molecule has 0 aromatic heterocycles. The van der Waals surface area contributed by atoms with Crippen molar-refractivity contribution in [2.75, 3.05) is 52.2 Å². The molecule has 1 aliphatic heterocycles. The van der Waals surface area contributed by atoms with Crippen LogP contribution in [0.15, 0.2) is 47.5 Å². The van der Waals surface area contributed by atoms with E-state index in [0.717, 1.165) is 43.4 Å². The van der Waals surface area contributed by atoms with Crippen LogP contribution in [0.4, 0.5) is 10.1 Å². The van der Waals surface area contributed by atoms with Gasteiger partial charge in [0.15, 0.2) is 5.96 Å². The molecule has 6 nitrogen and oxygen atoms in total. The van der Waals surface area contributed by atoms with Crippen molar-refractivity contribution in [3.63, 3.8) is 0 Å². The molecule has 2 aromatic carbocycles. The van der Waals surface area contributed by atoms with Gasteiger partial charge in [-0.05, 0) is 43.9 Å². The van der Waals surface area contributed by atoms with E-state index in [1.54, 1.807) is 13.1 Å². The molecule has 1 heterocycles. The van der Waals surface area contributed by atoms with Crippen LogP contribution in [0.1, 0.15) is 11.1 Å². The number of piperazine rings is 1. The Morgan fingerprint density at radius 3 is 2.52 bits per heavy atom. The van der Waals surface area contributed by atoms with Gasteiger partial charge in [0.2, 0.25) is 0 Å². The summed E-state index contributed by atoms with van der Waals surface area (Å²) in [6, 6.07) is 12.7. The molecular weight excluding hydrogens is 369 g/mol. The number of guanidine groups is 1. The first-order valence-corrected chi connectivity index (χ1v) is 9.88. The summed E-state index contributed by atoms with van der Waals surface area (Å²) >= 11 is 0. The van der Waals surface area contributed by atoms with Crippen molar-refractivity contribution in [3.8, 4) is 5.75 Å². The number of para-hydroxylation sites is 2. The second-order valence-electron chi connectivity index (χ2n) is 7.53. The van der Waals surface area contributed by atoms with Gasteiger partial charge in [0.1, 0.15) is 11.6 Å². The van der Waals surface area contributed by atoms with Gasteiger partial charge in [-0.1, -0.05) is 18.2 Å². The van der Waals surface area contributed by atoms with Gasteiger partial charge in [-0.2, -0.15) is 0 Å². The van der Waals surface area contributed by atoms with Gasteiger partial charge in [0.05, 0.1) is 5.69 Å². The second kappa shape index (κ2) is 9.60. The van der Waals surface area contributed by atoms with Crippen molar-refractivity contribution in [1.29, 1.82) is 0 Å². The molecule has 0 saturated carbocycles. The number of phenolic OH excluding ortho intramolecular Hbond substituents is 1. The summed E-state index contributed by atoms with van der Waals surface area (Å²) in [7, 11) is 5.64. The zero-order valence-electron chi connectivity index (χ0n) is 17.4. The standard InChI is InChI=1S/C22H30FN5O/c1-24-22(25-15-17-8-9-19(23)18(14-17)16-26(2)3)28-12-10-27(11-13-28)20-6-4-5-7-21(20)29/h4-9,14,29H,10-13,15-16H2,1-3H3,(H,24,25). The number of anilines is 1. The van der Waals surface area contributed by atoms with Crippen LogP contribution >= 0.6 is 0 Å². The smallest absolute Gasteiger partial charge is 0.194 e. The number of nitrogens with one attached hydrogen (secondary N) is 1. The van der Waals surface area contributed by atoms with E-state index in [4.69, 9.17) is 0 Å². The summed E-state index contributed by atoms with van der Waals surface area (Å²) in [5.74, 6) is 0.973. The Morgan fingerprint density at radius 1 is 1.14 bits per heavy atom. The van der Waals surface area contributed by atoms with E-state index in [2.05, 4.69) is 20.1 Å². The molecule has 0 amide bonds. The number of hydrogen-bond acceptors (Lipinski definition) is 4. The minimum absolute atomic E-state index is 0.174. The average molecular weight is 400 g/mol. The Labute approximate surface area is 172 Å². The van der Waals surface area contributed by atoms with Crippen LogP contribution in [0.3, 0.4) is 0 Å². The highest BCUT2D eigenvalue weighted by atomic mass is 19.1. The van der Waals surface area contributed by atoms with Crippen molar-refractivity contribution < 1.29 is 9.50 Å². The SMILES string of the molecule is CN=C(NCc1ccc(F)c(CN(C)C)c1)N1CCN(c2ccccc2O)CC1. The van der Waals surface area contributed by atoms with E-state index in [0.29, 0.717) is 24.4 Å². The largest absolute Gasteiger partial charge is 0.506 e.